The molecule has 1 amide bonds. The van der Waals surface area contributed by atoms with Gasteiger partial charge in [-0.2, -0.15) is 9.61 Å². The van der Waals surface area contributed by atoms with Gasteiger partial charge in [0.2, 0.25) is 5.65 Å². The fourth-order valence-corrected chi connectivity index (χ4v) is 3.31. The summed E-state index contributed by atoms with van der Waals surface area (Å²) in [5, 5.41) is 12.7. The van der Waals surface area contributed by atoms with Crippen molar-refractivity contribution in [1.29, 1.82) is 0 Å². The summed E-state index contributed by atoms with van der Waals surface area (Å²) >= 11 is 0. The molecular weight excluding hydrogens is 316 g/mol. The van der Waals surface area contributed by atoms with Crippen molar-refractivity contribution < 1.29 is 4.79 Å². The number of rotatable bonds is 2. The van der Waals surface area contributed by atoms with Crippen molar-refractivity contribution >= 4 is 17.2 Å². The third kappa shape index (κ3) is 2.71. The Morgan fingerprint density at radius 3 is 2.48 bits per heavy atom. The normalized spacial score (nSPS) is 15.0. The molecule has 0 saturated carbocycles. The third-order valence-corrected chi connectivity index (χ3v) is 4.80. The smallest absolute Gasteiger partial charge is 0.253 e. The van der Waals surface area contributed by atoms with Gasteiger partial charge in [-0.3, -0.25) is 4.79 Å². The lowest BCUT2D eigenvalue weighted by Crippen LogP contribution is -2.49. The van der Waals surface area contributed by atoms with Gasteiger partial charge in [0.15, 0.2) is 0 Å². The average Bonchev–Trinajstić information content (AvgIpc) is 3.11. The minimum atomic E-state index is 0.0931. The number of carbonyl (C=O) groups excluding carboxylic acids is 1. The fourth-order valence-electron chi connectivity index (χ4n) is 3.31. The SMILES string of the molecule is Cc1nn2cnnc2c(N2CCN(C(=O)c3ccccc3)CC2)c1C. The first-order valence-electron chi connectivity index (χ1n) is 8.41. The number of carbonyl (C=O) groups is 1. The van der Waals surface area contributed by atoms with Crippen LogP contribution in [0.5, 0.6) is 0 Å². The van der Waals surface area contributed by atoms with E-state index in [2.05, 4.69) is 27.1 Å². The molecule has 2 aromatic heterocycles. The summed E-state index contributed by atoms with van der Waals surface area (Å²) in [5.74, 6) is 0.0931. The van der Waals surface area contributed by atoms with Gasteiger partial charge < -0.3 is 9.80 Å². The van der Waals surface area contributed by atoms with E-state index in [9.17, 15) is 4.79 Å². The average molecular weight is 336 g/mol. The van der Waals surface area contributed by atoms with Gasteiger partial charge in [0.1, 0.15) is 6.33 Å². The van der Waals surface area contributed by atoms with E-state index in [1.165, 1.54) is 0 Å². The van der Waals surface area contributed by atoms with Crippen molar-refractivity contribution in [2.75, 3.05) is 31.1 Å². The zero-order valence-corrected chi connectivity index (χ0v) is 14.4. The maximum Gasteiger partial charge on any atom is 0.253 e. The highest BCUT2D eigenvalue weighted by molar-refractivity contribution is 5.94. The summed E-state index contributed by atoms with van der Waals surface area (Å²) in [6.45, 7) is 6.97. The van der Waals surface area contributed by atoms with Gasteiger partial charge in [0.25, 0.3) is 5.91 Å². The number of amides is 1. The van der Waals surface area contributed by atoms with Crippen LogP contribution >= 0.6 is 0 Å². The van der Waals surface area contributed by atoms with Crippen LogP contribution in [0.25, 0.3) is 5.65 Å². The van der Waals surface area contributed by atoms with Gasteiger partial charge in [-0.25, -0.2) is 0 Å². The molecule has 128 valence electrons. The summed E-state index contributed by atoms with van der Waals surface area (Å²) in [7, 11) is 0. The van der Waals surface area contributed by atoms with Gasteiger partial charge in [0, 0.05) is 31.7 Å². The van der Waals surface area contributed by atoms with Gasteiger partial charge in [-0.15, -0.1) is 10.2 Å². The number of hydrogen-bond acceptors (Lipinski definition) is 5. The molecule has 0 N–H and O–H groups in total. The molecule has 1 aliphatic rings. The number of aryl methyl sites for hydroxylation is 1. The Hall–Kier alpha value is -2.96. The van der Waals surface area contributed by atoms with Crippen LogP contribution in [-0.2, 0) is 0 Å². The maximum absolute atomic E-state index is 12.6. The van der Waals surface area contributed by atoms with Crippen LogP contribution in [-0.4, -0.2) is 56.8 Å². The van der Waals surface area contributed by atoms with Crippen molar-refractivity contribution in [3.05, 3.63) is 53.5 Å². The molecule has 0 atom stereocenters. The molecule has 7 nitrogen and oxygen atoms in total. The van der Waals surface area contributed by atoms with E-state index in [-0.39, 0.29) is 5.91 Å². The van der Waals surface area contributed by atoms with Crippen molar-refractivity contribution in [2.24, 2.45) is 0 Å². The van der Waals surface area contributed by atoms with Crippen LogP contribution in [0.2, 0.25) is 0 Å². The predicted octanol–water partition coefficient (Wildman–Crippen LogP) is 1.70. The molecule has 0 bridgehead atoms. The van der Waals surface area contributed by atoms with Crippen molar-refractivity contribution in [3.8, 4) is 0 Å². The molecule has 3 aromatic rings. The van der Waals surface area contributed by atoms with Crippen molar-refractivity contribution in [2.45, 2.75) is 13.8 Å². The monoisotopic (exact) mass is 336 g/mol. The first kappa shape index (κ1) is 15.6. The molecule has 1 fully saturated rings. The van der Waals surface area contributed by atoms with Crippen LogP contribution in [0, 0.1) is 13.8 Å². The Morgan fingerprint density at radius 2 is 1.76 bits per heavy atom. The van der Waals surface area contributed by atoms with Gasteiger partial charge in [-0.05, 0) is 31.5 Å². The van der Waals surface area contributed by atoms with E-state index in [1.54, 1.807) is 10.8 Å². The second-order valence-electron chi connectivity index (χ2n) is 6.30. The zero-order chi connectivity index (χ0) is 17.4. The molecule has 0 unspecified atom stereocenters. The molecule has 25 heavy (non-hydrogen) atoms. The molecule has 0 radical (unpaired) electrons. The summed E-state index contributed by atoms with van der Waals surface area (Å²) in [4.78, 5) is 16.8. The fraction of sp³-hybridized carbons (Fsp3) is 0.333. The first-order valence-corrected chi connectivity index (χ1v) is 8.41. The van der Waals surface area contributed by atoms with E-state index in [0.717, 1.165) is 41.2 Å². The lowest BCUT2D eigenvalue weighted by molar-refractivity contribution is 0.0747. The predicted molar refractivity (Wildman–Crippen MR) is 94.8 cm³/mol. The van der Waals surface area contributed by atoms with Crippen molar-refractivity contribution in [1.82, 2.24) is 24.7 Å². The lowest BCUT2D eigenvalue weighted by Gasteiger charge is -2.36. The summed E-state index contributed by atoms with van der Waals surface area (Å²) in [5.41, 5.74) is 4.66. The number of benzene rings is 1. The minimum Gasteiger partial charge on any atom is -0.365 e. The molecule has 1 aliphatic heterocycles. The lowest BCUT2D eigenvalue weighted by atomic mass is 10.1. The Balaban J connectivity index is 1.56. The Labute approximate surface area is 145 Å². The molecule has 1 saturated heterocycles. The zero-order valence-electron chi connectivity index (χ0n) is 14.4. The van der Waals surface area contributed by atoms with Gasteiger partial charge in [0.05, 0.1) is 11.4 Å². The van der Waals surface area contributed by atoms with Gasteiger partial charge >= 0.3 is 0 Å². The van der Waals surface area contributed by atoms with E-state index >= 15 is 0 Å². The second kappa shape index (κ2) is 6.16. The number of hydrogen-bond donors (Lipinski definition) is 0. The van der Waals surface area contributed by atoms with E-state index < -0.39 is 0 Å². The Morgan fingerprint density at radius 1 is 1.04 bits per heavy atom. The van der Waals surface area contributed by atoms with E-state index in [4.69, 9.17) is 0 Å². The maximum atomic E-state index is 12.6. The van der Waals surface area contributed by atoms with Gasteiger partial charge in [-0.1, -0.05) is 18.2 Å². The number of nitrogens with zero attached hydrogens (tertiary/aromatic N) is 6. The van der Waals surface area contributed by atoms with Crippen LogP contribution in [0.15, 0.2) is 36.7 Å². The topological polar surface area (TPSA) is 66.6 Å². The summed E-state index contributed by atoms with van der Waals surface area (Å²) in [6.07, 6.45) is 1.63. The Kier molecular flexibility index (Phi) is 3.83. The largest absolute Gasteiger partial charge is 0.365 e. The number of anilines is 1. The summed E-state index contributed by atoms with van der Waals surface area (Å²) in [6, 6.07) is 9.45. The van der Waals surface area contributed by atoms with Crippen LogP contribution in [0.1, 0.15) is 21.6 Å². The van der Waals surface area contributed by atoms with E-state index in [1.807, 2.05) is 42.2 Å². The van der Waals surface area contributed by atoms with Crippen LogP contribution < -0.4 is 4.90 Å². The highest BCUT2D eigenvalue weighted by Gasteiger charge is 2.25. The minimum absolute atomic E-state index is 0.0931. The van der Waals surface area contributed by atoms with Crippen LogP contribution in [0.3, 0.4) is 0 Å². The highest BCUT2D eigenvalue weighted by atomic mass is 16.2. The standard InChI is InChI=1S/C18H20N6O/c1-13-14(2)21-24-12-19-20-17(24)16(13)22-8-10-23(11-9-22)18(25)15-6-4-3-5-7-15/h3-7,12H,8-11H2,1-2H3. The number of fused-ring (bicyclic) bond motifs is 1. The third-order valence-electron chi connectivity index (χ3n) is 4.80. The van der Waals surface area contributed by atoms with Crippen LogP contribution in [0.4, 0.5) is 5.69 Å². The molecule has 4 rings (SSSR count). The summed E-state index contributed by atoms with van der Waals surface area (Å²) < 4.78 is 1.72. The molecule has 3 heterocycles. The molecular formula is C18H20N6O. The Bertz CT molecular complexity index is 912. The number of aromatic nitrogens is 4. The quantitative estimate of drug-likeness (QED) is 0.713. The van der Waals surface area contributed by atoms with E-state index in [0.29, 0.717) is 13.1 Å². The molecule has 1 aromatic carbocycles. The highest BCUT2D eigenvalue weighted by Crippen LogP contribution is 2.27. The van der Waals surface area contributed by atoms with Crippen molar-refractivity contribution in [3.63, 3.8) is 0 Å². The molecule has 7 heteroatoms. The molecule has 0 aliphatic carbocycles. The molecule has 0 spiro atoms. The second-order valence-corrected chi connectivity index (χ2v) is 6.30. The first-order chi connectivity index (χ1) is 12.1. The number of piperazine rings is 1.